The second-order valence-electron chi connectivity index (χ2n) is 5.88. The summed E-state index contributed by atoms with van der Waals surface area (Å²) in [7, 11) is 0. The minimum absolute atomic E-state index is 0.0781. The molecule has 112 valence electrons. The quantitative estimate of drug-likeness (QED) is 0.867. The molecule has 0 aromatic carbocycles. The maximum atomic E-state index is 5.87. The second kappa shape index (κ2) is 6.31. The fourth-order valence-electron chi connectivity index (χ4n) is 2.41. The first-order valence-electron chi connectivity index (χ1n) is 7.30. The standard InChI is InChI=1S/C15H25N3O2/c1-4-8-19-14-12(16)5-6-13(18-14)17-11-7-9-20-15(2,3)10-11/h5-6,11H,4,7-10,16H2,1-3H3,(H,17,18). The minimum atomic E-state index is -0.0781. The van der Waals surface area contributed by atoms with Gasteiger partial charge in [0.1, 0.15) is 5.82 Å². The lowest BCUT2D eigenvalue weighted by Crippen LogP contribution is -2.40. The molecule has 3 N–H and O–H groups in total. The van der Waals surface area contributed by atoms with Crippen LogP contribution in [-0.4, -0.2) is 29.8 Å². The van der Waals surface area contributed by atoms with Crippen molar-refractivity contribution < 1.29 is 9.47 Å². The van der Waals surface area contributed by atoms with E-state index in [1.165, 1.54) is 0 Å². The van der Waals surface area contributed by atoms with Crippen molar-refractivity contribution in [2.24, 2.45) is 0 Å². The number of pyridine rings is 1. The van der Waals surface area contributed by atoms with Gasteiger partial charge >= 0.3 is 0 Å². The SMILES string of the molecule is CCCOc1nc(NC2CCOC(C)(C)C2)ccc1N. The van der Waals surface area contributed by atoms with E-state index in [0.29, 0.717) is 24.2 Å². The number of aromatic nitrogens is 1. The topological polar surface area (TPSA) is 69.4 Å². The summed E-state index contributed by atoms with van der Waals surface area (Å²) in [5.41, 5.74) is 6.37. The van der Waals surface area contributed by atoms with Gasteiger partial charge in [-0.1, -0.05) is 6.92 Å². The summed E-state index contributed by atoms with van der Waals surface area (Å²) in [4.78, 5) is 4.45. The van der Waals surface area contributed by atoms with Gasteiger partial charge in [0, 0.05) is 12.6 Å². The van der Waals surface area contributed by atoms with E-state index in [1.54, 1.807) is 0 Å². The molecule has 1 atom stereocenters. The molecular weight excluding hydrogens is 254 g/mol. The van der Waals surface area contributed by atoms with Crippen molar-refractivity contribution in [3.8, 4) is 5.88 Å². The van der Waals surface area contributed by atoms with Gasteiger partial charge in [-0.15, -0.1) is 0 Å². The fourth-order valence-corrected chi connectivity index (χ4v) is 2.41. The third kappa shape index (κ3) is 4.00. The first kappa shape index (κ1) is 14.9. The smallest absolute Gasteiger partial charge is 0.239 e. The van der Waals surface area contributed by atoms with Crippen LogP contribution < -0.4 is 15.8 Å². The number of nitrogens with one attached hydrogen (secondary N) is 1. The number of hydrogen-bond acceptors (Lipinski definition) is 5. The Morgan fingerprint density at radius 3 is 3.00 bits per heavy atom. The maximum absolute atomic E-state index is 5.87. The molecule has 20 heavy (non-hydrogen) atoms. The molecule has 0 amide bonds. The first-order chi connectivity index (χ1) is 9.50. The van der Waals surface area contributed by atoms with E-state index in [0.717, 1.165) is 31.7 Å². The van der Waals surface area contributed by atoms with E-state index in [-0.39, 0.29) is 5.60 Å². The lowest BCUT2D eigenvalue weighted by Gasteiger charge is -2.36. The number of nitrogens with zero attached hydrogens (tertiary/aromatic N) is 1. The Balaban J connectivity index is 2.02. The van der Waals surface area contributed by atoms with Gasteiger partial charge < -0.3 is 20.5 Å². The largest absolute Gasteiger partial charge is 0.476 e. The number of ether oxygens (including phenoxy) is 2. The van der Waals surface area contributed by atoms with Crippen LogP contribution in [0.5, 0.6) is 5.88 Å². The zero-order valence-electron chi connectivity index (χ0n) is 12.6. The van der Waals surface area contributed by atoms with Gasteiger partial charge in [-0.05, 0) is 45.2 Å². The van der Waals surface area contributed by atoms with Gasteiger partial charge in [0.15, 0.2) is 0 Å². The van der Waals surface area contributed by atoms with Crippen LogP contribution in [0.15, 0.2) is 12.1 Å². The van der Waals surface area contributed by atoms with Crippen LogP contribution in [0.3, 0.4) is 0 Å². The highest BCUT2D eigenvalue weighted by Crippen LogP contribution is 2.27. The normalized spacial score (nSPS) is 21.4. The molecule has 2 heterocycles. The van der Waals surface area contributed by atoms with Crippen LogP contribution in [0.1, 0.15) is 40.0 Å². The van der Waals surface area contributed by atoms with Crippen LogP contribution in [-0.2, 0) is 4.74 Å². The summed E-state index contributed by atoms with van der Waals surface area (Å²) >= 11 is 0. The van der Waals surface area contributed by atoms with Crippen molar-refractivity contribution in [2.45, 2.75) is 51.7 Å². The highest BCUT2D eigenvalue weighted by atomic mass is 16.5. The molecule has 1 unspecified atom stereocenters. The summed E-state index contributed by atoms with van der Waals surface area (Å²) in [5.74, 6) is 1.33. The monoisotopic (exact) mass is 279 g/mol. The molecule has 5 heteroatoms. The Labute approximate surface area is 120 Å². The Hall–Kier alpha value is -1.49. The maximum Gasteiger partial charge on any atom is 0.239 e. The lowest BCUT2D eigenvalue weighted by atomic mass is 9.94. The third-order valence-corrected chi connectivity index (χ3v) is 3.38. The predicted octanol–water partition coefficient (Wildman–Crippen LogP) is 2.82. The van der Waals surface area contributed by atoms with Crippen molar-refractivity contribution in [2.75, 3.05) is 24.3 Å². The summed E-state index contributed by atoms with van der Waals surface area (Å²) in [5, 5.41) is 3.45. The molecular formula is C15H25N3O2. The van der Waals surface area contributed by atoms with Gasteiger partial charge in [-0.25, -0.2) is 0 Å². The molecule has 2 rings (SSSR count). The molecule has 1 aliphatic rings. The minimum Gasteiger partial charge on any atom is -0.476 e. The highest BCUT2D eigenvalue weighted by molar-refractivity contribution is 5.53. The molecule has 0 radical (unpaired) electrons. The van der Waals surface area contributed by atoms with Gasteiger partial charge in [-0.3, -0.25) is 0 Å². The molecule has 0 saturated carbocycles. The van der Waals surface area contributed by atoms with E-state index < -0.39 is 0 Å². The Morgan fingerprint density at radius 1 is 1.50 bits per heavy atom. The van der Waals surface area contributed by atoms with Crippen molar-refractivity contribution in [1.82, 2.24) is 4.98 Å². The summed E-state index contributed by atoms with van der Waals surface area (Å²) in [6, 6.07) is 4.11. The summed E-state index contributed by atoms with van der Waals surface area (Å²) in [6.07, 6.45) is 2.89. The van der Waals surface area contributed by atoms with Gasteiger partial charge in [0.2, 0.25) is 5.88 Å². The number of nitrogen functional groups attached to an aromatic ring is 1. The van der Waals surface area contributed by atoms with Crippen LogP contribution >= 0.6 is 0 Å². The number of anilines is 2. The Bertz CT molecular complexity index is 449. The Kier molecular flexibility index (Phi) is 4.70. The van der Waals surface area contributed by atoms with Gasteiger partial charge in [-0.2, -0.15) is 4.98 Å². The third-order valence-electron chi connectivity index (χ3n) is 3.38. The highest BCUT2D eigenvalue weighted by Gasteiger charge is 2.28. The van der Waals surface area contributed by atoms with E-state index >= 15 is 0 Å². The average Bonchev–Trinajstić information content (AvgIpc) is 2.38. The molecule has 5 nitrogen and oxygen atoms in total. The summed E-state index contributed by atoms with van der Waals surface area (Å²) < 4.78 is 11.3. The number of rotatable bonds is 5. The molecule has 1 aliphatic heterocycles. The predicted molar refractivity (Wildman–Crippen MR) is 81.1 cm³/mol. The molecule has 1 fully saturated rings. The van der Waals surface area contributed by atoms with Crippen LogP contribution in [0.25, 0.3) is 0 Å². The molecule has 0 aliphatic carbocycles. The molecule has 1 saturated heterocycles. The molecule has 0 spiro atoms. The zero-order valence-corrected chi connectivity index (χ0v) is 12.6. The number of nitrogens with two attached hydrogens (primary N) is 1. The number of hydrogen-bond donors (Lipinski definition) is 2. The van der Waals surface area contributed by atoms with E-state index in [9.17, 15) is 0 Å². The molecule has 0 bridgehead atoms. The van der Waals surface area contributed by atoms with Gasteiger partial charge in [0.25, 0.3) is 0 Å². The van der Waals surface area contributed by atoms with Crippen molar-refractivity contribution in [1.29, 1.82) is 0 Å². The van der Waals surface area contributed by atoms with Crippen LogP contribution in [0.2, 0.25) is 0 Å². The zero-order chi connectivity index (χ0) is 14.6. The van der Waals surface area contributed by atoms with Crippen LogP contribution in [0.4, 0.5) is 11.5 Å². The van der Waals surface area contributed by atoms with E-state index in [1.807, 2.05) is 12.1 Å². The van der Waals surface area contributed by atoms with Gasteiger partial charge in [0.05, 0.1) is 17.9 Å². The van der Waals surface area contributed by atoms with Crippen molar-refractivity contribution >= 4 is 11.5 Å². The Morgan fingerprint density at radius 2 is 2.30 bits per heavy atom. The summed E-state index contributed by atoms with van der Waals surface area (Å²) in [6.45, 7) is 7.70. The molecule has 1 aromatic heterocycles. The average molecular weight is 279 g/mol. The second-order valence-corrected chi connectivity index (χ2v) is 5.88. The van der Waals surface area contributed by atoms with E-state index in [2.05, 4.69) is 31.1 Å². The lowest BCUT2D eigenvalue weighted by molar-refractivity contribution is -0.0553. The fraction of sp³-hybridized carbons (Fsp3) is 0.667. The van der Waals surface area contributed by atoms with Crippen molar-refractivity contribution in [3.05, 3.63) is 12.1 Å². The van der Waals surface area contributed by atoms with Crippen LogP contribution in [0, 0.1) is 0 Å². The van der Waals surface area contributed by atoms with E-state index in [4.69, 9.17) is 15.2 Å². The molecule has 1 aromatic rings. The van der Waals surface area contributed by atoms with Crippen molar-refractivity contribution in [3.63, 3.8) is 0 Å². The first-order valence-corrected chi connectivity index (χ1v) is 7.30.